The largest absolute Gasteiger partial charge is 0.444 e. The van der Waals surface area contributed by atoms with Crippen molar-refractivity contribution in [2.24, 2.45) is 0 Å². The van der Waals surface area contributed by atoms with Gasteiger partial charge in [-0.2, -0.15) is 14.5 Å². The van der Waals surface area contributed by atoms with E-state index >= 15 is 0 Å². The second-order valence-electron chi connectivity index (χ2n) is 19.8. The van der Waals surface area contributed by atoms with Gasteiger partial charge in [0.1, 0.15) is 79.0 Å². The quantitative estimate of drug-likeness (QED) is 0.0222. The zero-order chi connectivity index (χ0) is 65.4. The zero-order valence-corrected chi connectivity index (χ0v) is 54.3. The molecule has 0 bridgehead atoms. The summed E-state index contributed by atoms with van der Waals surface area (Å²) in [4.78, 5) is 98.4. The molecule has 4 aliphatic rings. The smallest absolute Gasteiger partial charge is 0.372 e. The number of nitrogens with two attached hydrogens (primary N) is 3. The molecule has 500 valence electrons. The number of hydrogen-bond donors (Lipinski definition) is 8. The van der Waals surface area contributed by atoms with Gasteiger partial charge in [-0.3, -0.25) is 52.1 Å². The molecule has 92 heavy (non-hydrogen) atoms. The van der Waals surface area contributed by atoms with Gasteiger partial charge in [-0.25, -0.2) is 29.7 Å². The number of nitrogen functional groups attached to an aromatic ring is 3. The normalized spacial score (nSPS) is 29.9. The first-order valence-electron chi connectivity index (χ1n) is 26.5. The lowest BCUT2D eigenvalue weighted by molar-refractivity contribution is -0.0635. The summed E-state index contributed by atoms with van der Waals surface area (Å²) in [6.45, 7) is -6.84. The monoisotopic (exact) mass is 1440 g/mol. The number of aliphatic hydroxyl groups is 1. The number of aliphatic hydroxyl groups excluding tert-OH is 1. The van der Waals surface area contributed by atoms with E-state index in [4.69, 9.17) is 110 Å². The summed E-state index contributed by atoms with van der Waals surface area (Å²) in [5.74, 6) is -0.407. The maximum absolute atomic E-state index is 14.0. The predicted molar refractivity (Wildman–Crippen MR) is 321 cm³/mol. The van der Waals surface area contributed by atoms with Crippen LogP contribution in [-0.4, -0.2) is 206 Å². The Bertz CT molecular complexity index is 4360. The number of nitrogens with zero attached hydrogens (tertiary/aromatic N) is 11. The first kappa shape index (κ1) is 68.0. The number of aromatic amines is 3. The molecular weight excluding hydrogens is 1390 g/mol. The van der Waals surface area contributed by atoms with Gasteiger partial charge in [-0.1, -0.05) is 25.1 Å². The van der Waals surface area contributed by atoms with Gasteiger partial charge in [0, 0.05) is 40.7 Å². The Morgan fingerprint density at radius 2 is 1.10 bits per heavy atom. The second-order valence-corrected chi connectivity index (χ2v) is 28.9. The van der Waals surface area contributed by atoms with Crippen molar-refractivity contribution in [2.45, 2.75) is 98.2 Å². The average Bonchev–Trinajstić information content (AvgIpc) is 1.63. The van der Waals surface area contributed by atoms with Crippen LogP contribution in [0, 0.1) is 0 Å². The number of ether oxygens (including phenoxy) is 8. The van der Waals surface area contributed by atoms with Crippen LogP contribution in [0.1, 0.15) is 24.9 Å². The summed E-state index contributed by atoms with van der Waals surface area (Å²) >= 11 is 10.3. The standard InChI is InChI=1S/C43H53N17O24P4S4/c1-70-27-23(16(78-37(27)57-6-5-19(62)52-43(57)65)8-74-88(67,90)84-26-15(7-61)77-40(30(26)73-4)58-12-49-20-31(44)47-11-48-32(20)58)81-85-91(68)75-9-17-24(28(71-2)38(79-17)59-13-50-21-33(59)53-41(45)55-35(21)63)82-86-92(69)76-10-18-25(83-87(66)89)29(72-3)39(80-18)60-14-51-22-34(60)54-42(46)56-36(22)64/h5-6,11-18,23-30,37-40,61H,7-10H2,1-4H3,(H,67,90)(H2,44,47,48)(H,52,62,65)(H3,45,53,55,63)(H3,46,54,56,64)/q-2. The van der Waals surface area contributed by atoms with E-state index in [1.807, 2.05) is 0 Å². The van der Waals surface area contributed by atoms with Crippen molar-refractivity contribution in [3.63, 3.8) is 0 Å². The van der Waals surface area contributed by atoms with Crippen molar-refractivity contribution in [1.29, 1.82) is 0 Å². The molecule has 0 spiro atoms. The number of hydrogen-bond acceptors (Lipinski definition) is 37. The van der Waals surface area contributed by atoms with Crippen molar-refractivity contribution in [1.82, 2.24) is 68.1 Å². The number of fused-ring (bicyclic) bond motifs is 3. The maximum atomic E-state index is 14.0. The third-order valence-corrected chi connectivity index (χ3v) is 20.3. The molecule has 7 aromatic heterocycles. The Balaban J connectivity index is 0.813. The highest BCUT2D eigenvalue weighted by Crippen LogP contribution is 2.51. The Hall–Kier alpha value is -5.35. The van der Waals surface area contributed by atoms with Crippen molar-refractivity contribution in [3.8, 4) is 0 Å². The van der Waals surface area contributed by atoms with Crippen LogP contribution in [0.5, 0.6) is 0 Å². The fourth-order valence-electron chi connectivity index (χ4n) is 10.6. The SMILES string of the molecule is COC1C(OP=[S-](=O)OCC2OC(n3cnc4c(=O)[nH]c(N)nc43)C(OC)C2OP=[S-](=O)OCC2OC(n3cnc4c(=O)[nH]c(N)nc43)C(OC)C2O[P+](=O)[S-])C(COP(O)(=S)OC2C(CO)OC(n3cnc4c(N)ncnc43)C2OC)OC1n1ccc(=O)[nH]c1=O. The van der Waals surface area contributed by atoms with E-state index in [2.05, 4.69) is 49.8 Å². The predicted octanol–water partition coefficient (Wildman–Crippen LogP) is -1.65. The van der Waals surface area contributed by atoms with Gasteiger partial charge in [0.2, 0.25) is 11.9 Å². The molecule has 49 heteroatoms. The first-order valence-corrected chi connectivity index (χ1v) is 36.2. The number of methoxy groups -OCH3 is 4. The van der Waals surface area contributed by atoms with Crippen LogP contribution in [0.15, 0.2) is 56.8 Å². The number of rotatable bonds is 26. The number of H-pyrrole nitrogens is 3. The van der Waals surface area contributed by atoms with E-state index in [9.17, 15) is 42.2 Å². The minimum atomic E-state index is -4.42. The summed E-state index contributed by atoms with van der Waals surface area (Å²) in [6, 6.07) is 1.05. The fraction of sp³-hybridized carbons (Fsp3) is 0.558. The minimum absolute atomic E-state index is 0.00739. The number of nitrogens with one attached hydrogen (secondary N) is 3. The molecule has 18 unspecified atom stereocenters. The molecule has 0 aromatic carbocycles. The summed E-state index contributed by atoms with van der Waals surface area (Å²) in [5, 5.41) is 10.4. The Labute approximate surface area is 531 Å². The van der Waals surface area contributed by atoms with Crippen molar-refractivity contribution < 1.29 is 91.9 Å². The highest BCUT2D eigenvalue weighted by Gasteiger charge is 2.53. The summed E-state index contributed by atoms with van der Waals surface area (Å²) in [5.41, 5.74) is 15.0. The van der Waals surface area contributed by atoms with Crippen LogP contribution in [0.3, 0.4) is 0 Å². The van der Waals surface area contributed by atoms with Crippen molar-refractivity contribution >= 4 is 125 Å². The molecular formula is C43H53N17O24P4S4-2. The summed E-state index contributed by atoms with van der Waals surface area (Å²) < 4.78 is 134. The molecule has 0 saturated carbocycles. The molecule has 18 atom stereocenters. The molecule has 0 amide bonds. The van der Waals surface area contributed by atoms with Crippen LogP contribution < -0.4 is 39.6 Å². The topological polar surface area (TPSA) is 534 Å². The number of anilines is 3. The van der Waals surface area contributed by atoms with Gasteiger partial charge in [0.15, 0.2) is 64.8 Å². The van der Waals surface area contributed by atoms with Crippen molar-refractivity contribution in [3.05, 3.63) is 79.1 Å². The zero-order valence-electron chi connectivity index (χ0n) is 47.5. The molecule has 41 nitrogen and oxygen atoms in total. The third kappa shape index (κ3) is 14.0. The molecule has 0 radical (unpaired) electrons. The highest BCUT2D eigenvalue weighted by atomic mass is 32.7. The highest BCUT2D eigenvalue weighted by molar-refractivity contribution is 8.25. The van der Waals surface area contributed by atoms with Crippen LogP contribution in [0.2, 0.25) is 0 Å². The second kappa shape index (κ2) is 28.9. The van der Waals surface area contributed by atoms with Crippen molar-refractivity contribution in [2.75, 3.05) is 72.1 Å². The van der Waals surface area contributed by atoms with E-state index in [1.165, 1.54) is 67.4 Å². The van der Waals surface area contributed by atoms with Gasteiger partial charge in [0.05, 0.1) is 45.4 Å². The third-order valence-electron chi connectivity index (χ3n) is 14.6. The van der Waals surface area contributed by atoms with E-state index in [1.54, 1.807) is 0 Å². The van der Waals surface area contributed by atoms with E-state index < -0.39 is 189 Å². The van der Waals surface area contributed by atoms with Gasteiger partial charge in [-0.05, 0) is 27.0 Å². The van der Waals surface area contributed by atoms with E-state index in [0.717, 1.165) is 16.8 Å². The lowest BCUT2D eigenvalue weighted by atomic mass is 10.1. The Morgan fingerprint density at radius 3 is 1.60 bits per heavy atom. The van der Waals surface area contributed by atoms with Crippen LogP contribution >= 0.6 is 29.1 Å². The van der Waals surface area contributed by atoms with Gasteiger partial charge >= 0.3 is 19.6 Å². The molecule has 11 rings (SSSR count). The lowest BCUT2D eigenvalue weighted by Crippen LogP contribution is -2.39. The van der Waals surface area contributed by atoms with Gasteiger partial charge < -0.3 is 108 Å². The Kier molecular flexibility index (Phi) is 21.4. The summed E-state index contributed by atoms with van der Waals surface area (Å²) in [7, 11) is -3.19. The van der Waals surface area contributed by atoms with Gasteiger partial charge in [0.25, 0.3) is 16.7 Å². The lowest BCUT2D eigenvalue weighted by Gasteiger charge is -2.28. The molecule has 11 N–H and O–H groups in total. The van der Waals surface area contributed by atoms with E-state index in [0.29, 0.717) is 0 Å². The molecule has 4 fully saturated rings. The number of aromatic nitrogens is 14. The molecule has 0 aliphatic carbocycles. The van der Waals surface area contributed by atoms with E-state index in [-0.39, 0.29) is 58.8 Å². The summed E-state index contributed by atoms with van der Waals surface area (Å²) in [6.07, 6.45) is -13.3. The molecule has 4 saturated heterocycles. The Morgan fingerprint density at radius 1 is 0.641 bits per heavy atom. The van der Waals surface area contributed by atoms with Crippen LogP contribution in [0.25, 0.3) is 33.5 Å². The van der Waals surface area contributed by atoms with Gasteiger partial charge in [-0.15, -0.1) is 0 Å². The molecule has 4 aliphatic heterocycles. The van der Waals surface area contributed by atoms with Crippen LogP contribution in [-0.2, 0) is 126 Å². The number of imidazole rings is 3. The molecule has 11 heterocycles. The average molecular weight is 1440 g/mol. The maximum Gasteiger partial charge on any atom is 0.372 e. The fourth-order valence-corrected chi connectivity index (χ4v) is 15.9. The minimum Gasteiger partial charge on any atom is -0.444 e. The van der Waals surface area contributed by atoms with Crippen LogP contribution in [0.4, 0.5) is 17.7 Å². The first-order chi connectivity index (χ1) is 44.1. The molecule has 7 aromatic rings.